The summed E-state index contributed by atoms with van der Waals surface area (Å²) < 4.78 is 5.64. The van der Waals surface area contributed by atoms with Gasteiger partial charge in [-0.3, -0.25) is 4.79 Å². The Morgan fingerprint density at radius 2 is 1.84 bits per heavy atom. The third kappa shape index (κ3) is 3.46. The second-order valence-electron chi connectivity index (χ2n) is 3.84. The maximum Gasteiger partial charge on any atom is 0.238 e. The summed E-state index contributed by atoms with van der Waals surface area (Å²) in [6.07, 6.45) is 0. The second kappa shape index (κ2) is 5.88. The summed E-state index contributed by atoms with van der Waals surface area (Å²) in [5, 5.41) is 11.9. The highest BCUT2D eigenvalue weighted by molar-refractivity contribution is 5.93. The number of carbonyl (C=O) groups is 1. The number of rotatable bonds is 4. The highest BCUT2D eigenvalue weighted by Crippen LogP contribution is 2.29. The zero-order valence-corrected chi connectivity index (χ0v) is 10.2. The average Bonchev–Trinajstić information content (AvgIpc) is 2.43. The molecule has 0 heterocycles. The Bertz CT molecular complexity index is 567. The van der Waals surface area contributed by atoms with Gasteiger partial charge < -0.3 is 20.9 Å². The monoisotopic (exact) mass is 258 g/mol. The van der Waals surface area contributed by atoms with Gasteiger partial charge in [0.25, 0.3) is 0 Å². The van der Waals surface area contributed by atoms with E-state index in [0.29, 0.717) is 17.2 Å². The van der Waals surface area contributed by atoms with Gasteiger partial charge in [0, 0.05) is 0 Å². The van der Waals surface area contributed by atoms with Crippen LogP contribution in [0, 0.1) is 0 Å². The van der Waals surface area contributed by atoms with E-state index in [2.05, 4.69) is 5.32 Å². The van der Waals surface area contributed by atoms with Crippen LogP contribution in [-0.2, 0) is 4.79 Å². The van der Waals surface area contributed by atoms with E-state index in [4.69, 9.17) is 10.5 Å². The Hall–Kier alpha value is -2.53. The van der Waals surface area contributed by atoms with Gasteiger partial charge in [-0.2, -0.15) is 0 Å². The smallest absolute Gasteiger partial charge is 0.238 e. The second-order valence-corrected chi connectivity index (χ2v) is 3.84. The summed E-state index contributed by atoms with van der Waals surface area (Å²) in [6.45, 7) is -0.0897. The molecular formula is C14H14N2O3. The summed E-state index contributed by atoms with van der Waals surface area (Å²) in [4.78, 5) is 11.3. The Labute approximate surface area is 110 Å². The lowest BCUT2D eigenvalue weighted by molar-refractivity contribution is -0.114. The van der Waals surface area contributed by atoms with Gasteiger partial charge in [-0.1, -0.05) is 12.1 Å². The Morgan fingerprint density at radius 1 is 1.16 bits per heavy atom. The quantitative estimate of drug-likeness (QED) is 0.783. The number of hydrogen-bond donors (Lipinski definition) is 3. The lowest BCUT2D eigenvalue weighted by Gasteiger charge is -2.11. The molecule has 0 radical (unpaired) electrons. The van der Waals surface area contributed by atoms with Crippen molar-refractivity contribution in [2.45, 2.75) is 0 Å². The fraction of sp³-hybridized carbons (Fsp3) is 0.0714. The van der Waals surface area contributed by atoms with Gasteiger partial charge in [-0.25, -0.2) is 0 Å². The molecule has 5 heteroatoms. The van der Waals surface area contributed by atoms with Crippen LogP contribution in [0.15, 0.2) is 48.5 Å². The summed E-state index contributed by atoms with van der Waals surface area (Å²) in [7, 11) is 0. The van der Waals surface area contributed by atoms with Gasteiger partial charge in [0.1, 0.15) is 11.5 Å². The predicted octanol–water partition coefficient (Wildman–Crippen LogP) is 2.08. The van der Waals surface area contributed by atoms with E-state index < -0.39 is 0 Å². The topological polar surface area (TPSA) is 84.6 Å². The molecule has 0 aromatic heterocycles. The molecule has 0 saturated heterocycles. The average molecular weight is 258 g/mol. The van der Waals surface area contributed by atoms with Gasteiger partial charge in [0.15, 0.2) is 5.75 Å². The largest absolute Gasteiger partial charge is 0.508 e. The van der Waals surface area contributed by atoms with Crippen molar-refractivity contribution in [2.24, 2.45) is 5.73 Å². The molecule has 2 aromatic carbocycles. The zero-order chi connectivity index (χ0) is 13.7. The Balaban J connectivity index is 2.20. The molecule has 0 saturated carbocycles. The van der Waals surface area contributed by atoms with E-state index in [9.17, 15) is 9.90 Å². The fourth-order valence-corrected chi connectivity index (χ4v) is 1.50. The Kier molecular flexibility index (Phi) is 4.00. The van der Waals surface area contributed by atoms with Crippen molar-refractivity contribution in [3.8, 4) is 17.2 Å². The fourth-order valence-electron chi connectivity index (χ4n) is 1.50. The Morgan fingerprint density at radius 3 is 2.53 bits per heavy atom. The number of nitrogens with one attached hydrogen (secondary N) is 1. The molecule has 0 aliphatic rings. The molecule has 1 amide bonds. The first-order chi connectivity index (χ1) is 9.19. The van der Waals surface area contributed by atoms with Crippen LogP contribution in [0.25, 0.3) is 0 Å². The third-order valence-electron chi connectivity index (χ3n) is 2.41. The molecule has 2 rings (SSSR count). The van der Waals surface area contributed by atoms with Crippen LogP contribution in [0.4, 0.5) is 5.69 Å². The number of anilines is 1. The van der Waals surface area contributed by atoms with E-state index in [1.807, 2.05) is 0 Å². The molecule has 19 heavy (non-hydrogen) atoms. The van der Waals surface area contributed by atoms with Crippen molar-refractivity contribution >= 4 is 11.6 Å². The number of phenols is 1. The van der Waals surface area contributed by atoms with Crippen LogP contribution < -0.4 is 15.8 Å². The molecule has 0 bridgehead atoms. The van der Waals surface area contributed by atoms with Crippen molar-refractivity contribution in [2.75, 3.05) is 11.9 Å². The molecule has 5 nitrogen and oxygen atoms in total. The molecule has 98 valence electrons. The van der Waals surface area contributed by atoms with E-state index >= 15 is 0 Å². The minimum Gasteiger partial charge on any atom is -0.508 e. The molecular weight excluding hydrogens is 244 g/mol. The first-order valence-corrected chi connectivity index (χ1v) is 5.75. The molecule has 2 aromatic rings. The molecule has 0 aliphatic heterocycles. The predicted molar refractivity (Wildman–Crippen MR) is 72.3 cm³/mol. The number of nitrogens with two attached hydrogens (primary N) is 1. The maximum atomic E-state index is 11.3. The number of benzene rings is 2. The lowest BCUT2D eigenvalue weighted by atomic mass is 10.2. The van der Waals surface area contributed by atoms with Crippen LogP contribution in [0.1, 0.15) is 0 Å². The lowest BCUT2D eigenvalue weighted by Crippen LogP contribution is -2.22. The first kappa shape index (κ1) is 12.9. The van der Waals surface area contributed by atoms with Gasteiger partial charge in [-0.15, -0.1) is 0 Å². The van der Waals surface area contributed by atoms with E-state index in [1.165, 1.54) is 12.1 Å². The number of carbonyl (C=O) groups excluding carboxylic acids is 1. The normalized spacial score (nSPS) is 9.95. The van der Waals surface area contributed by atoms with Gasteiger partial charge in [0.05, 0.1) is 12.2 Å². The highest BCUT2D eigenvalue weighted by Gasteiger charge is 2.07. The van der Waals surface area contributed by atoms with E-state index in [-0.39, 0.29) is 18.2 Å². The van der Waals surface area contributed by atoms with Gasteiger partial charge in [-0.05, 0) is 36.4 Å². The van der Waals surface area contributed by atoms with Crippen molar-refractivity contribution in [1.82, 2.24) is 0 Å². The SMILES string of the molecule is NCC(=O)Nc1ccccc1Oc1ccc(O)cc1. The summed E-state index contributed by atoms with van der Waals surface area (Å²) in [5.41, 5.74) is 5.81. The van der Waals surface area contributed by atoms with Crippen LogP contribution in [0.5, 0.6) is 17.2 Å². The standard InChI is InChI=1S/C14H14N2O3/c15-9-14(18)16-12-3-1-2-4-13(12)19-11-7-5-10(17)6-8-11/h1-8,17H,9,15H2,(H,16,18). The van der Waals surface area contributed by atoms with Crippen LogP contribution in [-0.4, -0.2) is 17.6 Å². The number of phenolic OH excluding ortho intramolecular Hbond substituents is 1. The minimum absolute atomic E-state index is 0.0897. The minimum atomic E-state index is -0.290. The highest BCUT2D eigenvalue weighted by atomic mass is 16.5. The van der Waals surface area contributed by atoms with Crippen LogP contribution in [0.3, 0.4) is 0 Å². The van der Waals surface area contributed by atoms with Gasteiger partial charge >= 0.3 is 0 Å². The van der Waals surface area contributed by atoms with E-state index in [0.717, 1.165) is 0 Å². The first-order valence-electron chi connectivity index (χ1n) is 5.75. The molecule has 0 spiro atoms. The number of ether oxygens (including phenoxy) is 1. The third-order valence-corrected chi connectivity index (χ3v) is 2.41. The molecule has 0 atom stereocenters. The summed E-state index contributed by atoms with van der Waals surface area (Å²) >= 11 is 0. The molecule has 0 unspecified atom stereocenters. The van der Waals surface area contributed by atoms with Crippen LogP contribution in [0.2, 0.25) is 0 Å². The van der Waals surface area contributed by atoms with Gasteiger partial charge in [0.2, 0.25) is 5.91 Å². The number of hydrogen-bond acceptors (Lipinski definition) is 4. The molecule has 4 N–H and O–H groups in total. The van der Waals surface area contributed by atoms with Crippen molar-refractivity contribution < 1.29 is 14.6 Å². The van der Waals surface area contributed by atoms with E-state index in [1.54, 1.807) is 36.4 Å². The maximum absolute atomic E-state index is 11.3. The number of para-hydroxylation sites is 2. The van der Waals surface area contributed by atoms with Crippen molar-refractivity contribution in [1.29, 1.82) is 0 Å². The van der Waals surface area contributed by atoms with Crippen molar-refractivity contribution in [3.63, 3.8) is 0 Å². The molecule has 0 aliphatic carbocycles. The number of aromatic hydroxyl groups is 1. The van der Waals surface area contributed by atoms with Crippen molar-refractivity contribution in [3.05, 3.63) is 48.5 Å². The number of amides is 1. The summed E-state index contributed by atoms with van der Waals surface area (Å²) in [5.74, 6) is 0.945. The molecule has 0 fully saturated rings. The zero-order valence-electron chi connectivity index (χ0n) is 10.2. The van der Waals surface area contributed by atoms with Crippen LogP contribution >= 0.6 is 0 Å². The summed E-state index contributed by atoms with van der Waals surface area (Å²) in [6, 6.07) is 13.4.